The fourth-order valence-corrected chi connectivity index (χ4v) is 5.40. The molecule has 0 saturated carbocycles. The van der Waals surface area contributed by atoms with Gasteiger partial charge in [0, 0.05) is 17.6 Å². The lowest BCUT2D eigenvalue weighted by molar-refractivity contribution is -0.155. The Morgan fingerprint density at radius 3 is 2.63 bits per heavy atom. The Morgan fingerprint density at radius 1 is 1.03 bits per heavy atom. The number of ether oxygens (including phenoxy) is 1. The van der Waals surface area contributed by atoms with Crippen LogP contribution in [0.1, 0.15) is 55.4 Å². The summed E-state index contributed by atoms with van der Waals surface area (Å²) in [6.07, 6.45) is 4.13. The van der Waals surface area contributed by atoms with Crippen molar-refractivity contribution in [1.82, 2.24) is 20.5 Å². The Hall–Kier alpha value is -3.53. The van der Waals surface area contributed by atoms with Crippen molar-refractivity contribution in [3.05, 3.63) is 42.2 Å². The molecule has 3 amide bonds. The van der Waals surface area contributed by atoms with E-state index in [1.54, 1.807) is 11.1 Å². The number of benzene rings is 1. The molecule has 3 aliphatic rings. The molecule has 1 aromatic carbocycles. The highest BCUT2D eigenvalue weighted by Crippen LogP contribution is 2.32. The van der Waals surface area contributed by atoms with Crippen LogP contribution in [0.25, 0.3) is 10.8 Å². The van der Waals surface area contributed by atoms with Crippen molar-refractivity contribution in [3.63, 3.8) is 0 Å². The van der Waals surface area contributed by atoms with Gasteiger partial charge in [-0.25, -0.2) is 0 Å². The van der Waals surface area contributed by atoms with E-state index < -0.39 is 42.2 Å². The number of hydrogen-bond acceptors (Lipinski definition) is 7. The van der Waals surface area contributed by atoms with Gasteiger partial charge in [-0.15, -0.1) is 0 Å². The number of amides is 3. The number of carbonyl (C=O) groups is 4. The number of esters is 1. The number of hydrogen-bond donors (Lipinski definition) is 3. The maximum absolute atomic E-state index is 13.7. The summed E-state index contributed by atoms with van der Waals surface area (Å²) < 4.78 is 4.70. The first-order valence-electron chi connectivity index (χ1n) is 12.1. The average molecular weight is 481 g/mol. The number of nitrogens with one attached hydrogen (secondary N) is 2. The second-order valence-electron chi connectivity index (χ2n) is 9.38. The molecule has 3 saturated heterocycles. The van der Waals surface area contributed by atoms with E-state index in [0.717, 1.165) is 24.6 Å². The van der Waals surface area contributed by atoms with Gasteiger partial charge < -0.3 is 25.4 Å². The van der Waals surface area contributed by atoms with Crippen LogP contribution < -0.4 is 10.6 Å². The van der Waals surface area contributed by atoms with Gasteiger partial charge in [-0.05, 0) is 37.1 Å². The average Bonchev–Trinajstić information content (AvgIpc) is 3.40. The fraction of sp³-hybridized carbons (Fsp3) is 0.480. The molecule has 0 aliphatic carbocycles. The Bertz CT molecular complexity index is 1160. The van der Waals surface area contributed by atoms with Gasteiger partial charge in [0.05, 0.1) is 6.42 Å². The summed E-state index contributed by atoms with van der Waals surface area (Å²) in [4.78, 5) is 57.2. The minimum Gasteiger partial charge on any atom is -0.434 e. The first-order chi connectivity index (χ1) is 16.9. The number of aliphatic hydroxyl groups excluding tert-OH is 1. The van der Waals surface area contributed by atoms with Crippen molar-refractivity contribution >= 4 is 34.5 Å². The zero-order valence-electron chi connectivity index (χ0n) is 19.2. The van der Waals surface area contributed by atoms with Gasteiger partial charge in [-0.2, -0.15) is 0 Å². The molecule has 35 heavy (non-hydrogen) atoms. The van der Waals surface area contributed by atoms with Crippen molar-refractivity contribution in [3.8, 4) is 0 Å². The smallest absolute Gasteiger partial charge is 0.310 e. The lowest BCUT2D eigenvalue weighted by atomic mass is 9.98. The van der Waals surface area contributed by atoms with Gasteiger partial charge in [0.25, 0.3) is 5.91 Å². The van der Waals surface area contributed by atoms with Crippen LogP contribution in [-0.2, 0) is 19.1 Å². The van der Waals surface area contributed by atoms with Gasteiger partial charge in [-0.3, -0.25) is 24.2 Å². The van der Waals surface area contributed by atoms with Crippen LogP contribution >= 0.6 is 0 Å². The van der Waals surface area contributed by atoms with E-state index in [1.165, 1.54) is 0 Å². The SMILES string of the molecule is O=C1C[C@H](NC(=O)C2CC[C@@H]3CCCC[C@H](NC(=O)c4nccc5ccccc45)C(=O)N23)C(O)O1. The quantitative estimate of drug-likeness (QED) is 0.556. The maximum atomic E-state index is 13.7. The van der Waals surface area contributed by atoms with Crippen molar-refractivity contribution < 1.29 is 29.0 Å². The van der Waals surface area contributed by atoms with E-state index in [1.807, 2.05) is 30.3 Å². The van der Waals surface area contributed by atoms with Crippen LogP contribution in [0.5, 0.6) is 0 Å². The van der Waals surface area contributed by atoms with Crippen molar-refractivity contribution in [2.75, 3.05) is 0 Å². The third kappa shape index (κ3) is 4.58. The predicted molar refractivity (Wildman–Crippen MR) is 124 cm³/mol. The van der Waals surface area contributed by atoms with Gasteiger partial charge in [0.1, 0.15) is 23.8 Å². The molecule has 5 atom stereocenters. The molecule has 0 spiro atoms. The van der Waals surface area contributed by atoms with Crippen LogP contribution in [0.4, 0.5) is 0 Å². The Kier molecular flexibility index (Phi) is 6.38. The summed E-state index contributed by atoms with van der Waals surface area (Å²) in [5.41, 5.74) is 0.255. The Balaban J connectivity index is 1.34. The first kappa shape index (κ1) is 23.2. The predicted octanol–water partition coefficient (Wildman–Crippen LogP) is 1.02. The summed E-state index contributed by atoms with van der Waals surface area (Å²) in [5.74, 6) is -1.73. The Morgan fingerprint density at radius 2 is 1.83 bits per heavy atom. The van der Waals surface area contributed by atoms with Crippen LogP contribution in [-0.4, -0.2) is 69.1 Å². The number of aliphatic hydroxyl groups is 1. The Labute approximate surface area is 202 Å². The first-order valence-corrected chi connectivity index (χ1v) is 12.1. The monoisotopic (exact) mass is 480 g/mol. The van der Waals surface area contributed by atoms with Crippen LogP contribution in [0, 0.1) is 0 Å². The van der Waals surface area contributed by atoms with Crippen molar-refractivity contribution in [1.29, 1.82) is 0 Å². The number of rotatable bonds is 4. The van der Waals surface area contributed by atoms with E-state index in [9.17, 15) is 24.3 Å². The van der Waals surface area contributed by atoms with Crippen LogP contribution in [0.15, 0.2) is 36.5 Å². The standard InChI is InChI=1S/C25H28N4O6/c30-20-13-18(25(34)35-20)28-22(31)19-10-9-15-6-2-4-8-17(24(33)29(15)19)27-23(32)21-16-7-3-1-5-14(16)11-12-26-21/h1,3,5,7,11-12,15,17-19,25,34H,2,4,6,8-10,13H2,(H,27,32)(H,28,31)/t15-,17-,18-,19?,25?/m0/s1. The van der Waals surface area contributed by atoms with E-state index in [2.05, 4.69) is 15.6 Å². The summed E-state index contributed by atoms with van der Waals surface area (Å²) in [6.45, 7) is 0. The van der Waals surface area contributed by atoms with Gasteiger partial charge in [-0.1, -0.05) is 37.1 Å². The summed E-state index contributed by atoms with van der Waals surface area (Å²) in [6, 6.07) is 6.81. The topological polar surface area (TPSA) is 138 Å². The second-order valence-corrected chi connectivity index (χ2v) is 9.38. The number of fused-ring (bicyclic) bond motifs is 2. The summed E-state index contributed by atoms with van der Waals surface area (Å²) in [5, 5.41) is 17.0. The zero-order chi connectivity index (χ0) is 24.5. The van der Waals surface area contributed by atoms with E-state index >= 15 is 0 Å². The molecule has 0 radical (unpaired) electrons. The third-order valence-electron chi connectivity index (χ3n) is 7.14. The highest BCUT2D eigenvalue weighted by atomic mass is 16.6. The maximum Gasteiger partial charge on any atom is 0.310 e. The lowest BCUT2D eigenvalue weighted by Crippen LogP contribution is -2.57. The normalized spacial score (nSPS) is 28.7. The van der Waals surface area contributed by atoms with Crippen LogP contribution in [0.2, 0.25) is 0 Å². The van der Waals surface area contributed by atoms with Crippen LogP contribution in [0.3, 0.4) is 0 Å². The van der Waals surface area contributed by atoms with Crippen molar-refractivity contribution in [2.24, 2.45) is 0 Å². The third-order valence-corrected chi connectivity index (χ3v) is 7.14. The zero-order valence-corrected chi connectivity index (χ0v) is 19.2. The molecule has 2 unspecified atom stereocenters. The van der Waals surface area contributed by atoms with E-state index in [4.69, 9.17) is 4.74 Å². The molecular weight excluding hydrogens is 452 g/mol. The summed E-state index contributed by atoms with van der Waals surface area (Å²) in [7, 11) is 0. The highest BCUT2D eigenvalue weighted by molar-refractivity contribution is 6.06. The number of nitrogens with zero attached hydrogens (tertiary/aromatic N) is 2. The molecule has 3 fully saturated rings. The van der Waals surface area contributed by atoms with Gasteiger partial charge >= 0.3 is 5.97 Å². The summed E-state index contributed by atoms with van der Waals surface area (Å²) >= 11 is 0. The minimum atomic E-state index is -1.40. The minimum absolute atomic E-state index is 0.0972. The van der Waals surface area contributed by atoms with E-state index in [-0.39, 0.29) is 24.1 Å². The molecule has 3 aliphatic heterocycles. The van der Waals surface area contributed by atoms with Crippen molar-refractivity contribution in [2.45, 2.75) is 75.4 Å². The molecule has 10 nitrogen and oxygen atoms in total. The molecule has 1 aromatic heterocycles. The lowest BCUT2D eigenvalue weighted by Gasteiger charge is -2.35. The molecule has 4 heterocycles. The molecule has 5 rings (SSSR count). The fourth-order valence-electron chi connectivity index (χ4n) is 5.40. The number of carbonyl (C=O) groups excluding carboxylic acids is 4. The number of pyridine rings is 1. The molecule has 2 aromatic rings. The molecule has 10 heteroatoms. The van der Waals surface area contributed by atoms with E-state index in [0.29, 0.717) is 24.6 Å². The van der Waals surface area contributed by atoms with Gasteiger partial charge in [0.2, 0.25) is 18.1 Å². The molecular formula is C25H28N4O6. The molecule has 0 bridgehead atoms. The largest absolute Gasteiger partial charge is 0.434 e. The molecule has 184 valence electrons. The van der Waals surface area contributed by atoms with Gasteiger partial charge in [0.15, 0.2) is 0 Å². The number of aromatic nitrogens is 1. The highest BCUT2D eigenvalue weighted by Gasteiger charge is 2.45. The molecule has 3 N–H and O–H groups in total. The second kappa shape index (κ2) is 9.61. The number of cyclic esters (lactones) is 1.